The molecule has 0 radical (unpaired) electrons. The summed E-state index contributed by atoms with van der Waals surface area (Å²) < 4.78 is 2.03. The lowest BCUT2D eigenvalue weighted by molar-refractivity contribution is 0.0948. The summed E-state index contributed by atoms with van der Waals surface area (Å²) in [6, 6.07) is 9.03. The van der Waals surface area contributed by atoms with Crippen LogP contribution in [0.5, 0.6) is 0 Å². The van der Waals surface area contributed by atoms with Gasteiger partial charge in [0.15, 0.2) is 0 Å². The maximum atomic E-state index is 12.2. The predicted octanol–water partition coefficient (Wildman–Crippen LogP) is 3.30. The van der Waals surface area contributed by atoms with Crippen molar-refractivity contribution < 1.29 is 4.79 Å². The molecule has 2 N–H and O–H groups in total. The molecule has 3 heterocycles. The zero-order valence-electron chi connectivity index (χ0n) is 19.1. The zero-order chi connectivity index (χ0) is 23.4. The van der Waals surface area contributed by atoms with Gasteiger partial charge in [-0.2, -0.15) is 10.4 Å². The van der Waals surface area contributed by atoms with Crippen LogP contribution >= 0.6 is 0 Å². The van der Waals surface area contributed by atoms with Gasteiger partial charge < -0.3 is 15.5 Å². The van der Waals surface area contributed by atoms with E-state index in [1.54, 1.807) is 31.5 Å². The van der Waals surface area contributed by atoms with Crippen molar-refractivity contribution in [2.45, 2.75) is 38.8 Å². The van der Waals surface area contributed by atoms with Gasteiger partial charge in [0.1, 0.15) is 6.04 Å². The van der Waals surface area contributed by atoms with Crippen LogP contribution in [-0.4, -0.2) is 56.7 Å². The summed E-state index contributed by atoms with van der Waals surface area (Å²) >= 11 is 0. The molecule has 0 bridgehead atoms. The lowest BCUT2D eigenvalue weighted by Crippen LogP contribution is -2.31. The molecule has 170 valence electrons. The molecule has 0 aliphatic carbocycles. The third-order valence-electron chi connectivity index (χ3n) is 5.85. The first-order chi connectivity index (χ1) is 15.9. The molecule has 9 nitrogen and oxygen atoms in total. The summed E-state index contributed by atoms with van der Waals surface area (Å²) in [5.41, 5.74) is 3.94. The highest BCUT2D eigenvalue weighted by atomic mass is 16.1. The number of anilines is 2. The summed E-state index contributed by atoms with van der Waals surface area (Å²) in [7, 11) is 2.15. The Bertz CT molecular complexity index is 1160. The van der Waals surface area contributed by atoms with E-state index >= 15 is 0 Å². The van der Waals surface area contributed by atoms with Crippen molar-refractivity contribution in [3.8, 4) is 17.3 Å². The number of hydrogen-bond donors (Lipinski definition) is 2. The third-order valence-corrected chi connectivity index (χ3v) is 5.85. The number of aryl methyl sites for hydroxylation is 1. The zero-order valence-corrected chi connectivity index (χ0v) is 19.1. The highest BCUT2D eigenvalue weighted by molar-refractivity contribution is 5.95. The standard InChI is InChI=1S/C24H28N8O/c1-16-13-26-24(29-20-14-27-32(15-20)21-8-10-31(3)11-9-21)30-22(16)18-4-6-19(7-5-18)23(33)28-17(2)12-25/h4-7,13-15,17,21H,8-11H2,1-3H3,(H,28,33)(H,26,29,30)/t17-/m0/s1. The number of aromatic nitrogens is 4. The number of carbonyl (C=O) groups is 1. The molecule has 0 saturated carbocycles. The Balaban J connectivity index is 1.47. The van der Waals surface area contributed by atoms with Crippen molar-refractivity contribution in [1.82, 2.24) is 30.0 Å². The number of carbonyl (C=O) groups excluding carboxylic acids is 1. The highest BCUT2D eigenvalue weighted by Gasteiger charge is 2.19. The van der Waals surface area contributed by atoms with Crippen LogP contribution in [0.15, 0.2) is 42.9 Å². The fraction of sp³-hybridized carbons (Fsp3) is 0.375. The number of nitriles is 1. The van der Waals surface area contributed by atoms with E-state index in [0.717, 1.165) is 48.4 Å². The summed E-state index contributed by atoms with van der Waals surface area (Å²) in [6.45, 7) is 5.75. The number of hydrogen-bond acceptors (Lipinski definition) is 7. The third kappa shape index (κ3) is 5.35. The molecule has 4 rings (SSSR count). The van der Waals surface area contributed by atoms with Gasteiger partial charge in [0.05, 0.1) is 29.7 Å². The van der Waals surface area contributed by atoms with E-state index < -0.39 is 6.04 Å². The van der Waals surface area contributed by atoms with Gasteiger partial charge in [0.25, 0.3) is 5.91 Å². The quantitative estimate of drug-likeness (QED) is 0.600. The lowest BCUT2D eigenvalue weighted by atomic mass is 10.1. The second-order valence-electron chi connectivity index (χ2n) is 8.50. The highest BCUT2D eigenvalue weighted by Crippen LogP contribution is 2.25. The molecule has 1 aromatic carbocycles. The van der Waals surface area contributed by atoms with Crippen LogP contribution in [0.3, 0.4) is 0 Å². The van der Waals surface area contributed by atoms with E-state index in [-0.39, 0.29) is 5.91 Å². The van der Waals surface area contributed by atoms with Gasteiger partial charge in [-0.3, -0.25) is 9.48 Å². The fourth-order valence-electron chi connectivity index (χ4n) is 3.88. The van der Waals surface area contributed by atoms with E-state index in [1.165, 1.54) is 0 Å². The number of nitrogens with one attached hydrogen (secondary N) is 2. The Kier molecular flexibility index (Phi) is 6.66. The van der Waals surface area contributed by atoms with Gasteiger partial charge in [-0.15, -0.1) is 0 Å². The van der Waals surface area contributed by atoms with E-state index in [1.807, 2.05) is 36.0 Å². The fourth-order valence-corrected chi connectivity index (χ4v) is 3.88. The van der Waals surface area contributed by atoms with E-state index in [4.69, 9.17) is 10.2 Å². The van der Waals surface area contributed by atoms with Crippen LogP contribution < -0.4 is 10.6 Å². The number of rotatable bonds is 6. The van der Waals surface area contributed by atoms with Crippen molar-refractivity contribution >= 4 is 17.5 Å². The van der Waals surface area contributed by atoms with Crippen molar-refractivity contribution in [3.63, 3.8) is 0 Å². The first-order valence-corrected chi connectivity index (χ1v) is 11.1. The first-order valence-electron chi connectivity index (χ1n) is 11.1. The lowest BCUT2D eigenvalue weighted by Gasteiger charge is -2.28. The van der Waals surface area contributed by atoms with Gasteiger partial charge >= 0.3 is 0 Å². The molecule has 1 aliphatic heterocycles. The molecule has 1 atom stereocenters. The van der Waals surface area contributed by atoms with Crippen molar-refractivity contribution in [2.75, 3.05) is 25.5 Å². The maximum Gasteiger partial charge on any atom is 0.252 e. The Labute approximate surface area is 193 Å². The van der Waals surface area contributed by atoms with E-state index in [9.17, 15) is 4.79 Å². The van der Waals surface area contributed by atoms with Gasteiger partial charge in [-0.05, 0) is 64.5 Å². The van der Waals surface area contributed by atoms with E-state index in [2.05, 4.69) is 32.7 Å². The summed E-state index contributed by atoms with van der Waals surface area (Å²) in [4.78, 5) is 23.7. The monoisotopic (exact) mass is 444 g/mol. The minimum atomic E-state index is -0.543. The van der Waals surface area contributed by atoms with Crippen LogP contribution in [0, 0.1) is 18.3 Å². The SMILES string of the molecule is Cc1cnc(Nc2cnn(C3CCN(C)CC3)c2)nc1-c1ccc(C(=O)N[C@@H](C)C#N)cc1. The molecule has 0 unspecified atom stereocenters. The second kappa shape index (κ2) is 9.79. The van der Waals surface area contributed by atoms with Crippen molar-refractivity contribution in [3.05, 3.63) is 54.0 Å². The molecule has 0 spiro atoms. The van der Waals surface area contributed by atoms with Crippen molar-refractivity contribution in [1.29, 1.82) is 5.26 Å². The number of amides is 1. The Morgan fingerprint density at radius 3 is 2.64 bits per heavy atom. The molecule has 1 aliphatic rings. The van der Waals surface area contributed by atoms with Crippen LogP contribution in [-0.2, 0) is 0 Å². The van der Waals surface area contributed by atoms with Crippen LogP contribution in [0.25, 0.3) is 11.3 Å². The number of piperidine rings is 1. The summed E-state index contributed by atoms with van der Waals surface area (Å²) in [5, 5.41) is 19.3. The summed E-state index contributed by atoms with van der Waals surface area (Å²) in [6.07, 6.45) is 7.77. The second-order valence-corrected chi connectivity index (χ2v) is 8.50. The summed E-state index contributed by atoms with van der Waals surface area (Å²) in [5.74, 6) is 0.210. The molecule has 9 heteroatoms. The molecule has 2 aromatic heterocycles. The topological polar surface area (TPSA) is 112 Å². The predicted molar refractivity (Wildman–Crippen MR) is 126 cm³/mol. The molecular formula is C24H28N8O. The van der Waals surface area contributed by atoms with Gasteiger partial charge in [0.2, 0.25) is 5.95 Å². The number of likely N-dealkylation sites (tertiary alicyclic amines) is 1. The van der Waals surface area contributed by atoms with Crippen LogP contribution in [0.4, 0.5) is 11.6 Å². The van der Waals surface area contributed by atoms with Crippen LogP contribution in [0.1, 0.15) is 41.7 Å². The average Bonchev–Trinajstić information content (AvgIpc) is 3.29. The van der Waals surface area contributed by atoms with E-state index in [0.29, 0.717) is 17.6 Å². The smallest absolute Gasteiger partial charge is 0.252 e. The Hall–Kier alpha value is -3.77. The first kappa shape index (κ1) is 22.4. The largest absolute Gasteiger partial charge is 0.337 e. The molecule has 1 amide bonds. The van der Waals surface area contributed by atoms with Gasteiger partial charge in [-0.25, -0.2) is 9.97 Å². The Morgan fingerprint density at radius 1 is 1.21 bits per heavy atom. The number of benzene rings is 1. The molecule has 3 aromatic rings. The van der Waals surface area contributed by atoms with Gasteiger partial charge in [0, 0.05) is 23.5 Å². The molecule has 33 heavy (non-hydrogen) atoms. The number of nitrogens with zero attached hydrogens (tertiary/aromatic N) is 6. The molecular weight excluding hydrogens is 416 g/mol. The van der Waals surface area contributed by atoms with Crippen LogP contribution in [0.2, 0.25) is 0 Å². The normalized spacial score (nSPS) is 15.6. The molecule has 1 saturated heterocycles. The van der Waals surface area contributed by atoms with Crippen molar-refractivity contribution in [2.24, 2.45) is 0 Å². The average molecular weight is 445 g/mol. The van der Waals surface area contributed by atoms with Gasteiger partial charge in [-0.1, -0.05) is 12.1 Å². The minimum Gasteiger partial charge on any atom is -0.337 e. The minimum absolute atomic E-state index is 0.279. The Morgan fingerprint density at radius 2 is 1.94 bits per heavy atom. The maximum absolute atomic E-state index is 12.2. The molecule has 1 fully saturated rings.